The molecule has 1 aliphatic rings. The van der Waals surface area contributed by atoms with Gasteiger partial charge in [0.25, 0.3) is 0 Å². The number of rotatable bonds is 5. The minimum atomic E-state index is 0.521. The van der Waals surface area contributed by atoms with Gasteiger partial charge in [-0.25, -0.2) is 0 Å². The van der Waals surface area contributed by atoms with Crippen LogP contribution >= 0.6 is 15.9 Å². The molecular weight excluding hydrogens is 290 g/mol. The molecule has 0 aliphatic carbocycles. The summed E-state index contributed by atoms with van der Waals surface area (Å²) >= 11 is 3.60. The summed E-state index contributed by atoms with van der Waals surface area (Å²) in [6.45, 7) is 5.37. The third-order valence-corrected chi connectivity index (χ3v) is 3.91. The zero-order valence-electron chi connectivity index (χ0n) is 11.4. The lowest BCUT2D eigenvalue weighted by Gasteiger charge is -2.20. The number of fused-ring (bicyclic) bond motifs is 1. The second kappa shape index (κ2) is 6.07. The van der Waals surface area contributed by atoms with E-state index in [0.717, 1.165) is 25.2 Å². The Balaban J connectivity index is 2.18. The van der Waals surface area contributed by atoms with Crippen LogP contribution < -0.4 is 10.1 Å². The molecule has 0 saturated heterocycles. The minimum Gasteiger partial charge on any atom is -0.493 e. The van der Waals surface area contributed by atoms with Gasteiger partial charge in [-0.2, -0.15) is 0 Å². The monoisotopic (exact) mass is 311 g/mol. The highest BCUT2D eigenvalue weighted by atomic mass is 79.9. The maximum Gasteiger partial charge on any atom is 0.125 e. The number of nitrogens with one attached hydrogen (secondary N) is 1. The highest BCUT2D eigenvalue weighted by molar-refractivity contribution is 9.10. The second-order valence-corrected chi connectivity index (χ2v) is 6.39. The molecule has 0 amide bonds. The Kier molecular flexibility index (Phi) is 4.68. The Hall–Kier alpha value is -0.540. The van der Waals surface area contributed by atoms with Gasteiger partial charge in [-0.15, -0.1) is 0 Å². The molecule has 0 fully saturated rings. The number of likely N-dealkylation sites (N-methyl/N-ethyl adjacent to an activating group) is 1. The van der Waals surface area contributed by atoms with E-state index in [-0.39, 0.29) is 0 Å². The Labute approximate surface area is 118 Å². The fourth-order valence-corrected chi connectivity index (χ4v) is 3.19. The molecular formula is C15H22BrNO. The fraction of sp³-hybridized carbons (Fsp3) is 0.600. The van der Waals surface area contributed by atoms with Crippen LogP contribution in [0.1, 0.15) is 31.4 Å². The third kappa shape index (κ3) is 3.27. The Morgan fingerprint density at radius 1 is 1.39 bits per heavy atom. The molecule has 0 bridgehead atoms. The average Bonchev–Trinajstić information content (AvgIpc) is 2.75. The van der Waals surface area contributed by atoms with Crippen molar-refractivity contribution in [2.45, 2.75) is 39.2 Å². The summed E-state index contributed by atoms with van der Waals surface area (Å²) in [4.78, 5) is 0. The molecule has 0 spiro atoms. The van der Waals surface area contributed by atoms with Gasteiger partial charge in [-0.05, 0) is 49.1 Å². The van der Waals surface area contributed by atoms with E-state index in [1.165, 1.54) is 22.0 Å². The van der Waals surface area contributed by atoms with Crippen molar-refractivity contribution in [1.29, 1.82) is 0 Å². The van der Waals surface area contributed by atoms with E-state index >= 15 is 0 Å². The molecule has 18 heavy (non-hydrogen) atoms. The first kappa shape index (κ1) is 13.9. The molecule has 0 aromatic heterocycles. The summed E-state index contributed by atoms with van der Waals surface area (Å²) in [6.07, 6.45) is 3.27. The van der Waals surface area contributed by atoms with E-state index in [9.17, 15) is 0 Å². The SMILES string of the molecule is CNC(Cc1cc(Br)cc2c1OCC2)CC(C)C. The first-order valence-corrected chi connectivity index (χ1v) is 7.50. The third-order valence-electron chi connectivity index (χ3n) is 3.46. The van der Waals surface area contributed by atoms with Crippen molar-refractivity contribution in [3.63, 3.8) is 0 Å². The molecule has 1 aliphatic heterocycles. The second-order valence-electron chi connectivity index (χ2n) is 5.47. The van der Waals surface area contributed by atoms with Crippen LogP contribution in [0, 0.1) is 5.92 Å². The van der Waals surface area contributed by atoms with Crippen molar-refractivity contribution in [3.8, 4) is 5.75 Å². The summed E-state index contributed by atoms with van der Waals surface area (Å²) in [6, 6.07) is 4.91. The van der Waals surface area contributed by atoms with Crippen molar-refractivity contribution in [3.05, 3.63) is 27.7 Å². The minimum absolute atomic E-state index is 0.521. The smallest absolute Gasteiger partial charge is 0.125 e. The van der Waals surface area contributed by atoms with Gasteiger partial charge in [0.05, 0.1) is 6.61 Å². The molecule has 0 saturated carbocycles. The summed E-state index contributed by atoms with van der Waals surface area (Å²) in [7, 11) is 2.05. The van der Waals surface area contributed by atoms with Crippen molar-refractivity contribution in [1.82, 2.24) is 5.32 Å². The van der Waals surface area contributed by atoms with Crippen LogP contribution in [0.5, 0.6) is 5.75 Å². The molecule has 1 unspecified atom stereocenters. The first-order chi connectivity index (χ1) is 8.60. The van der Waals surface area contributed by atoms with Crippen LogP contribution in [0.3, 0.4) is 0 Å². The lowest BCUT2D eigenvalue weighted by molar-refractivity contribution is 0.350. The number of hydrogen-bond acceptors (Lipinski definition) is 2. The number of halogens is 1. The van der Waals surface area contributed by atoms with Crippen molar-refractivity contribution >= 4 is 15.9 Å². The summed E-state index contributed by atoms with van der Waals surface area (Å²) in [5.41, 5.74) is 2.68. The molecule has 100 valence electrons. The topological polar surface area (TPSA) is 21.3 Å². The van der Waals surface area contributed by atoms with Gasteiger partial charge in [0.1, 0.15) is 5.75 Å². The van der Waals surface area contributed by atoms with E-state index in [2.05, 4.69) is 47.2 Å². The number of hydrogen-bond donors (Lipinski definition) is 1. The van der Waals surface area contributed by atoms with Gasteiger partial charge < -0.3 is 10.1 Å². The maximum atomic E-state index is 5.79. The maximum absolute atomic E-state index is 5.79. The molecule has 2 nitrogen and oxygen atoms in total. The highest BCUT2D eigenvalue weighted by Crippen LogP contribution is 2.34. The van der Waals surface area contributed by atoms with Crippen molar-refractivity contribution in [2.75, 3.05) is 13.7 Å². The average molecular weight is 312 g/mol. The number of benzene rings is 1. The van der Waals surface area contributed by atoms with E-state index in [0.29, 0.717) is 12.0 Å². The van der Waals surface area contributed by atoms with Crippen molar-refractivity contribution < 1.29 is 4.74 Å². The Morgan fingerprint density at radius 3 is 2.83 bits per heavy atom. The van der Waals surface area contributed by atoms with Crippen LogP contribution in [0.2, 0.25) is 0 Å². The van der Waals surface area contributed by atoms with E-state index in [1.807, 2.05) is 7.05 Å². The van der Waals surface area contributed by atoms with E-state index in [4.69, 9.17) is 4.74 Å². The number of ether oxygens (including phenoxy) is 1. The van der Waals surface area contributed by atoms with Gasteiger partial charge in [0.15, 0.2) is 0 Å². The zero-order chi connectivity index (χ0) is 13.1. The fourth-order valence-electron chi connectivity index (χ4n) is 2.64. The molecule has 1 heterocycles. The van der Waals surface area contributed by atoms with Gasteiger partial charge >= 0.3 is 0 Å². The molecule has 1 aromatic rings. The molecule has 3 heteroatoms. The summed E-state index contributed by atoms with van der Waals surface area (Å²) in [5, 5.41) is 3.42. The first-order valence-electron chi connectivity index (χ1n) is 6.71. The zero-order valence-corrected chi connectivity index (χ0v) is 13.0. The van der Waals surface area contributed by atoms with Gasteiger partial charge in [-0.3, -0.25) is 0 Å². The van der Waals surface area contributed by atoms with Gasteiger partial charge in [-0.1, -0.05) is 29.8 Å². The lowest BCUT2D eigenvalue weighted by atomic mass is 9.96. The van der Waals surface area contributed by atoms with E-state index in [1.54, 1.807) is 0 Å². The quantitative estimate of drug-likeness (QED) is 0.897. The Bertz CT molecular complexity index is 417. The molecule has 1 aromatic carbocycles. The van der Waals surface area contributed by atoms with Crippen molar-refractivity contribution in [2.24, 2.45) is 5.92 Å². The summed E-state index contributed by atoms with van der Waals surface area (Å²) < 4.78 is 6.95. The molecule has 1 atom stereocenters. The normalized spacial score (nSPS) is 15.6. The largest absolute Gasteiger partial charge is 0.493 e. The summed E-state index contributed by atoms with van der Waals surface area (Å²) in [5.74, 6) is 1.84. The van der Waals surface area contributed by atoms with Crippen LogP contribution in [-0.2, 0) is 12.8 Å². The van der Waals surface area contributed by atoms with Gasteiger partial charge in [0.2, 0.25) is 0 Å². The molecule has 2 rings (SSSR count). The van der Waals surface area contributed by atoms with Crippen LogP contribution in [0.25, 0.3) is 0 Å². The predicted molar refractivity (Wildman–Crippen MR) is 79.3 cm³/mol. The molecule has 0 radical (unpaired) electrons. The standard InChI is InChI=1S/C15H22BrNO/c1-10(2)6-14(17-3)9-12-8-13(16)7-11-4-5-18-15(11)12/h7-8,10,14,17H,4-6,9H2,1-3H3. The van der Waals surface area contributed by atoms with Crippen LogP contribution in [0.15, 0.2) is 16.6 Å². The van der Waals surface area contributed by atoms with E-state index < -0.39 is 0 Å². The predicted octanol–water partition coefficient (Wildman–Crippen LogP) is 3.56. The lowest BCUT2D eigenvalue weighted by Crippen LogP contribution is -2.29. The Morgan fingerprint density at radius 2 is 2.17 bits per heavy atom. The van der Waals surface area contributed by atoms with Gasteiger partial charge in [0, 0.05) is 16.9 Å². The van der Waals surface area contributed by atoms with Crippen LogP contribution in [0.4, 0.5) is 0 Å². The highest BCUT2D eigenvalue weighted by Gasteiger charge is 2.20. The van der Waals surface area contributed by atoms with Crippen LogP contribution in [-0.4, -0.2) is 19.7 Å². The molecule has 1 N–H and O–H groups in total.